The van der Waals surface area contributed by atoms with Gasteiger partial charge in [0, 0.05) is 19.1 Å². The number of hydrogen-bond donors (Lipinski definition) is 1. The molecule has 0 aromatic carbocycles. The maximum atomic E-state index is 8.74. The van der Waals surface area contributed by atoms with Crippen molar-refractivity contribution < 1.29 is 0 Å². The summed E-state index contributed by atoms with van der Waals surface area (Å²) in [6.07, 6.45) is 3.99. The Labute approximate surface area is 73.3 Å². The molecule has 0 amide bonds. The number of fused-ring (bicyclic) bond motifs is 1. The van der Waals surface area contributed by atoms with Gasteiger partial charge in [0.1, 0.15) is 6.04 Å². The molecule has 3 nitrogen and oxygen atoms in total. The molecule has 3 heteroatoms. The SMILES string of the molecule is N#C[C@@H]1CN2CCCC[C@@H]2CN1. The first-order valence-corrected chi connectivity index (χ1v) is 4.77. The Bertz CT molecular complexity index is 196. The van der Waals surface area contributed by atoms with E-state index in [2.05, 4.69) is 16.3 Å². The quantitative estimate of drug-likeness (QED) is 0.562. The molecule has 2 rings (SSSR count). The molecular formula is C9H15N3. The summed E-state index contributed by atoms with van der Waals surface area (Å²) in [6.45, 7) is 3.14. The summed E-state index contributed by atoms with van der Waals surface area (Å²) in [5.74, 6) is 0. The number of piperidine rings is 1. The highest BCUT2D eigenvalue weighted by Crippen LogP contribution is 2.18. The van der Waals surface area contributed by atoms with Gasteiger partial charge in [0.2, 0.25) is 0 Å². The van der Waals surface area contributed by atoms with Crippen LogP contribution in [-0.2, 0) is 0 Å². The zero-order chi connectivity index (χ0) is 8.39. The van der Waals surface area contributed by atoms with Crippen LogP contribution in [0.15, 0.2) is 0 Å². The minimum Gasteiger partial charge on any atom is -0.299 e. The average molecular weight is 165 g/mol. The molecule has 2 atom stereocenters. The molecule has 0 unspecified atom stereocenters. The fourth-order valence-electron chi connectivity index (χ4n) is 2.20. The highest BCUT2D eigenvalue weighted by Gasteiger charge is 2.29. The van der Waals surface area contributed by atoms with Crippen molar-refractivity contribution in [2.45, 2.75) is 31.3 Å². The van der Waals surface area contributed by atoms with Crippen LogP contribution < -0.4 is 5.32 Å². The maximum Gasteiger partial charge on any atom is 0.108 e. The third kappa shape index (κ3) is 1.45. The summed E-state index contributed by atoms with van der Waals surface area (Å²) in [6, 6.07) is 3.06. The second-order valence-corrected chi connectivity index (χ2v) is 3.73. The molecule has 2 saturated heterocycles. The minimum absolute atomic E-state index is 0.0688. The molecule has 0 aromatic heterocycles. The van der Waals surface area contributed by atoms with E-state index < -0.39 is 0 Å². The second kappa shape index (κ2) is 3.42. The van der Waals surface area contributed by atoms with Crippen LogP contribution in [-0.4, -0.2) is 36.6 Å². The molecule has 2 fully saturated rings. The molecule has 0 bridgehead atoms. The smallest absolute Gasteiger partial charge is 0.108 e. The molecule has 0 spiro atoms. The largest absolute Gasteiger partial charge is 0.299 e. The van der Waals surface area contributed by atoms with Crippen molar-refractivity contribution in [3.8, 4) is 6.07 Å². The lowest BCUT2D eigenvalue weighted by Crippen LogP contribution is -2.57. The summed E-state index contributed by atoms with van der Waals surface area (Å²) in [5, 5.41) is 12.0. The van der Waals surface area contributed by atoms with Crippen molar-refractivity contribution in [2.75, 3.05) is 19.6 Å². The molecule has 0 radical (unpaired) electrons. The lowest BCUT2D eigenvalue weighted by molar-refractivity contribution is 0.107. The molecule has 0 saturated carbocycles. The molecule has 2 aliphatic heterocycles. The summed E-state index contributed by atoms with van der Waals surface area (Å²) >= 11 is 0. The Morgan fingerprint density at radius 1 is 1.42 bits per heavy atom. The van der Waals surface area contributed by atoms with Gasteiger partial charge < -0.3 is 0 Å². The van der Waals surface area contributed by atoms with Crippen LogP contribution >= 0.6 is 0 Å². The summed E-state index contributed by atoms with van der Waals surface area (Å²) in [4.78, 5) is 2.47. The number of hydrogen-bond acceptors (Lipinski definition) is 3. The Morgan fingerprint density at radius 2 is 2.33 bits per heavy atom. The summed E-state index contributed by atoms with van der Waals surface area (Å²) in [5.41, 5.74) is 0. The molecule has 0 aromatic rings. The maximum absolute atomic E-state index is 8.74. The molecule has 12 heavy (non-hydrogen) atoms. The third-order valence-electron chi connectivity index (χ3n) is 2.92. The van der Waals surface area contributed by atoms with Gasteiger partial charge in [-0.3, -0.25) is 10.2 Å². The van der Waals surface area contributed by atoms with Gasteiger partial charge in [-0.25, -0.2) is 0 Å². The van der Waals surface area contributed by atoms with E-state index in [1.807, 2.05) is 0 Å². The Balaban J connectivity index is 1.95. The van der Waals surface area contributed by atoms with Crippen molar-refractivity contribution in [1.82, 2.24) is 10.2 Å². The van der Waals surface area contributed by atoms with Crippen LogP contribution in [0, 0.1) is 11.3 Å². The lowest BCUT2D eigenvalue weighted by atomic mass is 9.99. The average Bonchev–Trinajstić information content (AvgIpc) is 2.17. The highest BCUT2D eigenvalue weighted by atomic mass is 15.2. The Kier molecular flexibility index (Phi) is 2.29. The van der Waals surface area contributed by atoms with Crippen LogP contribution in [0.1, 0.15) is 19.3 Å². The predicted octanol–water partition coefficient (Wildman–Crippen LogP) is 0.336. The summed E-state index contributed by atoms with van der Waals surface area (Å²) in [7, 11) is 0. The van der Waals surface area contributed by atoms with Gasteiger partial charge in [0.25, 0.3) is 0 Å². The number of piperazine rings is 1. The standard InChI is InChI=1S/C9H15N3/c10-5-8-7-12-4-2-1-3-9(12)6-11-8/h8-9,11H,1-4,6-7H2/t8-,9-/m1/s1. The van der Waals surface area contributed by atoms with E-state index in [1.165, 1.54) is 25.8 Å². The van der Waals surface area contributed by atoms with E-state index in [-0.39, 0.29) is 6.04 Å². The minimum atomic E-state index is 0.0688. The van der Waals surface area contributed by atoms with Gasteiger partial charge in [-0.1, -0.05) is 6.42 Å². The zero-order valence-corrected chi connectivity index (χ0v) is 7.29. The van der Waals surface area contributed by atoms with Gasteiger partial charge in [-0.05, 0) is 19.4 Å². The van der Waals surface area contributed by atoms with E-state index in [0.29, 0.717) is 6.04 Å². The number of nitriles is 1. The Morgan fingerprint density at radius 3 is 3.17 bits per heavy atom. The molecule has 2 aliphatic rings. The van der Waals surface area contributed by atoms with Crippen LogP contribution in [0.5, 0.6) is 0 Å². The van der Waals surface area contributed by atoms with Gasteiger partial charge in [-0.15, -0.1) is 0 Å². The van der Waals surface area contributed by atoms with Gasteiger partial charge in [-0.2, -0.15) is 5.26 Å². The van der Waals surface area contributed by atoms with Crippen molar-refractivity contribution in [3.63, 3.8) is 0 Å². The van der Waals surface area contributed by atoms with Crippen LogP contribution in [0.3, 0.4) is 0 Å². The van der Waals surface area contributed by atoms with Crippen molar-refractivity contribution in [1.29, 1.82) is 5.26 Å². The van der Waals surface area contributed by atoms with Crippen LogP contribution in [0.25, 0.3) is 0 Å². The topological polar surface area (TPSA) is 39.1 Å². The van der Waals surface area contributed by atoms with Gasteiger partial charge >= 0.3 is 0 Å². The van der Waals surface area contributed by atoms with Crippen LogP contribution in [0.4, 0.5) is 0 Å². The van der Waals surface area contributed by atoms with Crippen LogP contribution in [0.2, 0.25) is 0 Å². The van der Waals surface area contributed by atoms with Crippen molar-refractivity contribution in [3.05, 3.63) is 0 Å². The van der Waals surface area contributed by atoms with Crippen molar-refractivity contribution >= 4 is 0 Å². The fourth-order valence-corrected chi connectivity index (χ4v) is 2.20. The van der Waals surface area contributed by atoms with E-state index in [0.717, 1.165) is 13.1 Å². The lowest BCUT2D eigenvalue weighted by Gasteiger charge is -2.41. The van der Waals surface area contributed by atoms with E-state index in [1.54, 1.807) is 0 Å². The Hall–Kier alpha value is -0.590. The zero-order valence-electron chi connectivity index (χ0n) is 7.29. The molecular weight excluding hydrogens is 150 g/mol. The second-order valence-electron chi connectivity index (χ2n) is 3.73. The first-order valence-electron chi connectivity index (χ1n) is 4.77. The van der Waals surface area contributed by atoms with E-state index in [9.17, 15) is 0 Å². The first kappa shape index (κ1) is 8.03. The monoisotopic (exact) mass is 165 g/mol. The fraction of sp³-hybridized carbons (Fsp3) is 0.889. The van der Waals surface area contributed by atoms with Gasteiger partial charge in [0.15, 0.2) is 0 Å². The van der Waals surface area contributed by atoms with E-state index in [4.69, 9.17) is 5.26 Å². The molecule has 2 heterocycles. The van der Waals surface area contributed by atoms with Crippen molar-refractivity contribution in [2.24, 2.45) is 0 Å². The predicted molar refractivity (Wildman–Crippen MR) is 46.6 cm³/mol. The normalized spacial score (nSPS) is 36.9. The number of nitrogens with one attached hydrogen (secondary N) is 1. The number of rotatable bonds is 0. The van der Waals surface area contributed by atoms with E-state index >= 15 is 0 Å². The molecule has 0 aliphatic carbocycles. The molecule has 66 valence electrons. The third-order valence-corrected chi connectivity index (χ3v) is 2.92. The molecule has 1 N–H and O–H groups in total. The first-order chi connectivity index (χ1) is 5.90. The highest BCUT2D eigenvalue weighted by molar-refractivity contribution is 4.98. The summed E-state index contributed by atoms with van der Waals surface area (Å²) < 4.78 is 0. The number of nitrogens with zero attached hydrogens (tertiary/aromatic N) is 2. The van der Waals surface area contributed by atoms with Gasteiger partial charge in [0.05, 0.1) is 6.07 Å².